The molecule has 0 radical (unpaired) electrons. The van der Waals surface area contributed by atoms with Crippen LogP contribution in [0.3, 0.4) is 0 Å². The van der Waals surface area contributed by atoms with Gasteiger partial charge in [0.05, 0.1) is 5.60 Å². The number of esters is 2. The first kappa shape index (κ1) is 22.8. The molecular weight excluding hydrogens is 396 g/mol. The summed E-state index contributed by atoms with van der Waals surface area (Å²) in [5.74, 6) is -0.216. The number of ketones is 1. The molecule has 0 heterocycles. The molecule has 0 saturated heterocycles. The Morgan fingerprint density at radius 3 is 2.16 bits per heavy atom. The van der Waals surface area contributed by atoms with Gasteiger partial charge in [-0.05, 0) is 81.0 Å². The minimum absolute atomic E-state index is 0.00600. The van der Waals surface area contributed by atoms with E-state index in [1.54, 1.807) is 6.92 Å². The molecule has 4 fully saturated rings. The van der Waals surface area contributed by atoms with Crippen LogP contribution < -0.4 is 0 Å². The van der Waals surface area contributed by atoms with Crippen molar-refractivity contribution in [3.63, 3.8) is 0 Å². The summed E-state index contributed by atoms with van der Waals surface area (Å²) in [6.45, 7) is 8.94. The molecule has 4 aliphatic carbocycles. The molecule has 0 aromatic rings. The number of aliphatic hydroxyl groups is 1. The minimum atomic E-state index is -0.856. The normalized spacial score (nSPS) is 48.7. The van der Waals surface area contributed by atoms with E-state index in [0.29, 0.717) is 18.8 Å². The Morgan fingerprint density at radius 1 is 0.871 bits per heavy atom. The van der Waals surface area contributed by atoms with Gasteiger partial charge in [-0.1, -0.05) is 13.8 Å². The highest BCUT2D eigenvalue weighted by atomic mass is 16.5. The van der Waals surface area contributed by atoms with Crippen molar-refractivity contribution in [2.75, 3.05) is 0 Å². The van der Waals surface area contributed by atoms with Crippen LogP contribution in [0.4, 0.5) is 0 Å². The van der Waals surface area contributed by atoms with Crippen LogP contribution >= 0.6 is 0 Å². The molecule has 0 amide bonds. The van der Waals surface area contributed by atoms with E-state index in [1.807, 2.05) is 0 Å². The number of ether oxygens (including phenoxy) is 2. The third kappa shape index (κ3) is 3.35. The van der Waals surface area contributed by atoms with Crippen LogP contribution in [-0.2, 0) is 23.9 Å². The first-order chi connectivity index (χ1) is 14.4. The second-order valence-electron chi connectivity index (χ2n) is 11.3. The van der Waals surface area contributed by atoms with Gasteiger partial charge >= 0.3 is 11.9 Å². The lowest BCUT2D eigenvalue weighted by molar-refractivity contribution is -0.249. The summed E-state index contributed by atoms with van der Waals surface area (Å²) < 4.78 is 11.3. The van der Waals surface area contributed by atoms with E-state index in [4.69, 9.17) is 9.47 Å². The van der Waals surface area contributed by atoms with E-state index in [9.17, 15) is 19.5 Å². The number of rotatable bonds is 3. The number of carbonyl (C=O) groups is 3. The lowest BCUT2D eigenvalue weighted by atomic mass is 9.42. The van der Waals surface area contributed by atoms with Crippen LogP contribution in [0.5, 0.6) is 0 Å². The first-order valence-electron chi connectivity index (χ1n) is 12.0. The van der Waals surface area contributed by atoms with E-state index < -0.39 is 5.60 Å². The average Bonchev–Trinajstić information content (AvgIpc) is 2.95. The van der Waals surface area contributed by atoms with Gasteiger partial charge in [0.2, 0.25) is 0 Å². The monoisotopic (exact) mass is 434 g/mol. The minimum Gasteiger partial charge on any atom is -0.463 e. The number of carbonyl (C=O) groups excluding carboxylic acids is 3. The van der Waals surface area contributed by atoms with Gasteiger partial charge in [0.25, 0.3) is 0 Å². The summed E-state index contributed by atoms with van der Waals surface area (Å²) in [5.41, 5.74) is -1.37. The zero-order valence-electron chi connectivity index (χ0n) is 19.6. The van der Waals surface area contributed by atoms with E-state index in [2.05, 4.69) is 13.8 Å². The van der Waals surface area contributed by atoms with Crippen LogP contribution in [0.15, 0.2) is 0 Å². The van der Waals surface area contributed by atoms with E-state index >= 15 is 0 Å². The second-order valence-corrected chi connectivity index (χ2v) is 11.3. The summed E-state index contributed by atoms with van der Waals surface area (Å²) in [5, 5.41) is 12.3. The summed E-state index contributed by atoms with van der Waals surface area (Å²) in [4.78, 5) is 35.9. The zero-order valence-corrected chi connectivity index (χ0v) is 19.6. The van der Waals surface area contributed by atoms with Gasteiger partial charge in [-0.2, -0.15) is 0 Å². The Labute approximate surface area is 185 Å². The fraction of sp³-hybridized carbons (Fsp3) is 0.880. The fourth-order valence-electron chi connectivity index (χ4n) is 8.49. The Morgan fingerprint density at radius 2 is 1.55 bits per heavy atom. The van der Waals surface area contributed by atoms with Crippen LogP contribution in [0.25, 0.3) is 0 Å². The summed E-state index contributed by atoms with van der Waals surface area (Å²) in [7, 11) is 0. The zero-order chi connectivity index (χ0) is 22.8. The van der Waals surface area contributed by atoms with Crippen molar-refractivity contribution in [3.8, 4) is 0 Å². The predicted octanol–water partition coefficient (Wildman–Crippen LogP) is 3.82. The van der Waals surface area contributed by atoms with E-state index in [-0.39, 0.29) is 58.5 Å². The van der Waals surface area contributed by atoms with E-state index in [0.717, 1.165) is 38.5 Å². The molecule has 4 saturated carbocycles. The van der Waals surface area contributed by atoms with Crippen LogP contribution in [-0.4, -0.2) is 40.6 Å². The van der Waals surface area contributed by atoms with Gasteiger partial charge < -0.3 is 14.6 Å². The van der Waals surface area contributed by atoms with Crippen LogP contribution in [0.1, 0.15) is 86.0 Å². The number of hydrogen-bond donors (Lipinski definition) is 1. The Balaban J connectivity index is 1.67. The van der Waals surface area contributed by atoms with Gasteiger partial charge in [0.1, 0.15) is 18.0 Å². The first-order valence-corrected chi connectivity index (χ1v) is 12.0. The quantitative estimate of drug-likeness (QED) is 0.679. The van der Waals surface area contributed by atoms with Crippen molar-refractivity contribution in [1.82, 2.24) is 0 Å². The fourth-order valence-corrected chi connectivity index (χ4v) is 8.49. The van der Waals surface area contributed by atoms with E-state index in [1.165, 1.54) is 13.8 Å². The Kier molecular flexibility index (Phi) is 5.55. The standard InChI is InChI=1S/C25H38O6/c1-14(26)20-13-21(31-16(3)28)22-19-7-6-17-12-18(30-15(2)27)8-9-24(17,5)25(19,29)11-10-23(20,22)4/h17-22,29H,6-13H2,1-5H3. The van der Waals surface area contributed by atoms with Gasteiger partial charge in [-0.15, -0.1) is 0 Å². The topological polar surface area (TPSA) is 89.9 Å². The molecule has 31 heavy (non-hydrogen) atoms. The SMILES string of the molecule is CC(=O)OC1CCC2(C)C(CCC3C4C(OC(C)=O)CC(C(C)=O)C4(C)CCC32O)C1. The van der Waals surface area contributed by atoms with Crippen molar-refractivity contribution in [1.29, 1.82) is 0 Å². The third-order valence-corrected chi connectivity index (χ3v) is 9.91. The third-order valence-electron chi connectivity index (χ3n) is 9.91. The maximum absolute atomic E-state index is 12.5. The van der Waals surface area contributed by atoms with Crippen molar-refractivity contribution < 1.29 is 29.0 Å². The van der Waals surface area contributed by atoms with Crippen molar-refractivity contribution >= 4 is 17.7 Å². The van der Waals surface area contributed by atoms with Crippen LogP contribution in [0.2, 0.25) is 0 Å². The largest absolute Gasteiger partial charge is 0.463 e. The highest BCUT2D eigenvalue weighted by Gasteiger charge is 2.70. The van der Waals surface area contributed by atoms with Crippen LogP contribution in [0, 0.1) is 34.5 Å². The molecule has 9 unspecified atom stereocenters. The Bertz CT molecular complexity index is 778. The molecule has 6 heteroatoms. The molecule has 0 aromatic carbocycles. The smallest absolute Gasteiger partial charge is 0.302 e. The van der Waals surface area contributed by atoms with Gasteiger partial charge in [0, 0.05) is 25.7 Å². The van der Waals surface area contributed by atoms with Gasteiger partial charge in [-0.25, -0.2) is 0 Å². The number of hydrogen-bond acceptors (Lipinski definition) is 6. The maximum Gasteiger partial charge on any atom is 0.302 e. The molecule has 174 valence electrons. The van der Waals surface area contributed by atoms with Gasteiger partial charge in [0.15, 0.2) is 0 Å². The summed E-state index contributed by atoms with van der Waals surface area (Å²) >= 11 is 0. The lowest BCUT2D eigenvalue weighted by Crippen LogP contribution is -2.66. The Hall–Kier alpha value is -1.43. The predicted molar refractivity (Wildman–Crippen MR) is 114 cm³/mol. The average molecular weight is 435 g/mol. The molecule has 6 nitrogen and oxygen atoms in total. The van der Waals surface area contributed by atoms with Crippen molar-refractivity contribution in [2.45, 2.75) is 104 Å². The van der Waals surface area contributed by atoms with Crippen molar-refractivity contribution in [3.05, 3.63) is 0 Å². The number of fused-ring (bicyclic) bond motifs is 5. The molecule has 0 bridgehead atoms. The second kappa shape index (κ2) is 7.57. The molecule has 4 rings (SSSR count). The lowest BCUT2D eigenvalue weighted by Gasteiger charge is -2.65. The molecule has 0 aliphatic heterocycles. The highest BCUT2D eigenvalue weighted by molar-refractivity contribution is 5.80. The number of Topliss-reactive ketones (excluding diaryl/α,β-unsaturated/α-hetero) is 1. The molecule has 0 spiro atoms. The molecule has 4 aliphatic rings. The molecule has 0 aromatic heterocycles. The van der Waals surface area contributed by atoms with Crippen molar-refractivity contribution in [2.24, 2.45) is 34.5 Å². The molecule has 9 atom stereocenters. The van der Waals surface area contributed by atoms with Gasteiger partial charge in [-0.3, -0.25) is 14.4 Å². The maximum atomic E-state index is 12.5. The highest BCUT2D eigenvalue weighted by Crippen LogP contribution is 2.69. The molecular formula is C25H38O6. The molecule has 1 N–H and O–H groups in total. The summed E-state index contributed by atoms with van der Waals surface area (Å²) in [6, 6.07) is 0. The summed E-state index contributed by atoms with van der Waals surface area (Å²) in [6.07, 6.45) is 5.84.